The monoisotopic (exact) mass is 1310 g/mol. The zero-order valence-electron chi connectivity index (χ0n) is 58.7. The van der Waals surface area contributed by atoms with Gasteiger partial charge in [-0.1, -0.05) is 266 Å². The molecule has 0 saturated carbocycles. The zero-order chi connectivity index (χ0) is 69.4. The fourth-order valence-electron chi connectivity index (χ4n) is 15.3. The predicted octanol–water partition coefficient (Wildman–Crippen LogP) is 25.6. The molecule has 20 rings (SSSR count). The third kappa shape index (κ3) is 12.0. The summed E-state index contributed by atoms with van der Waals surface area (Å²) < 4.78 is 11.3. The van der Waals surface area contributed by atoms with Crippen LogP contribution in [0, 0.1) is 13.8 Å². The van der Waals surface area contributed by atoms with Crippen molar-refractivity contribution in [2.75, 3.05) is 0 Å². The second-order valence-electron chi connectivity index (χ2n) is 26.8. The van der Waals surface area contributed by atoms with Gasteiger partial charge in [-0.3, -0.25) is 0 Å². The summed E-state index contributed by atoms with van der Waals surface area (Å²) >= 11 is 0. The number of hydrogen-bond acceptors (Lipinski definition) is 0. The molecule has 0 spiro atoms. The van der Waals surface area contributed by atoms with Gasteiger partial charge < -0.3 is 22.8 Å². The number of aromatic nitrogens is 5. The highest BCUT2D eigenvalue weighted by molar-refractivity contribution is 6.13. The standard InChI is InChI=1S/C25H19N.2C20H17N.C19H15N.C13H11N/c1-26-24-14-12-20(18-8-4-2-5-9-18)16-22(24)23-17-21(13-15-25(23)26)19-10-6-3-7-11-19;1-14-7-3-4-8-16(14)15-11-12-20-18(13-15)17-9-5-6-10-19(17)21(20)2;1-14-7-9-15(10-8-14)16-11-12-20-18(13-16)17-5-3-4-6-19(17)21(20)2;1-20-18-10-6-5-9-16(18)17-13-15(11-12-19(17)20)14-7-3-2-4-8-14;1-14-12-8-4-2-6-10(12)11-7-3-5-9-13(11)14/h2-17H,1H3;2*3-13H,1-2H3;2-13H,1H3;2-9H,1H3. The molecule has 0 saturated heterocycles. The van der Waals surface area contributed by atoms with Crippen LogP contribution in [0.25, 0.3) is 165 Å². The Bertz CT molecular complexity index is 6290. The second-order valence-corrected chi connectivity index (χ2v) is 26.8. The van der Waals surface area contributed by atoms with E-state index in [9.17, 15) is 0 Å². The van der Waals surface area contributed by atoms with Gasteiger partial charge in [0.05, 0.1) is 0 Å². The van der Waals surface area contributed by atoms with Crippen LogP contribution < -0.4 is 0 Å². The fraction of sp³-hybridized carbons (Fsp3) is 0.0722. The molecule has 0 unspecified atom stereocenters. The van der Waals surface area contributed by atoms with E-state index in [1.807, 2.05) is 0 Å². The summed E-state index contributed by atoms with van der Waals surface area (Å²) in [5, 5.41) is 13.2. The minimum absolute atomic E-state index is 1.26. The molecule has 5 heterocycles. The maximum atomic E-state index is 2.32. The van der Waals surface area contributed by atoms with Gasteiger partial charge in [0, 0.05) is 144 Å². The lowest BCUT2D eigenvalue weighted by Gasteiger charge is -2.06. The number of benzene rings is 15. The summed E-state index contributed by atoms with van der Waals surface area (Å²) in [5.74, 6) is 0. The lowest BCUT2D eigenvalue weighted by atomic mass is 9.99. The number of aryl methyl sites for hydroxylation is 7. The van der Waals surface area contributed by atoms with Crippen LogP contribution in [0.2, 0.25) is 0 Å². The van der Waals surface area contributed by atoms with Gasteiger partial charge in [0.15, 0.2) is 0 Å². The molecule has 0 N–H and O–H groups in total. The molecule has 0 fully saturated rings. The van der Waals surface area contributed by atoms with Crippen molar-refractivity contribution in [1.82, 2.24) is 22.8 Å². The van der Waals surface area contributed by atoms with Crippen molar-refractivity contribution in [3.63, 3.8) is 0 Å². The smallest absolute Gasteiger partial charge is 0.0489 e. The fourth-order valence-corrected chi connectivity index (χ4v) is 15.3. The molecule has 0 atom stereocenters. The number of para-hydroxylation sites is 5. The van der Waals surface area contributed by atoms with E-state index in [-0.39, 0.29) is 0 Å². The molecule has 0 amide bonds. The third-order valence-electron chi connectivity index (χ3n) is 20.7. The van der Waals surface area contributed by atoms with E-state index >= 15 is 0 Å². The van der Waals surface area contributed by atoms with Crippen molar-refractivity contribution >= 4 is 109 Å². The first-order valence-corrected chi connectivity index (χ1v) is 35.2. The molecule has 20 aromatic rings. The number of hydrogen-bond donors (Lipinski definition) is 0. The average Bonchev–Trinajstić information content (AvgIpc) is 1.65. The van der Waals surface area contributed by atoms with Gasteiger partial charge in [0.2, 0.25) is 0 Å². The van der Waals surface area contributed by atoms with E-state index in [1.165, 1.54) is 176 Å². The summed E-state index contributed by atoms with van der Waals surface area (Å²) in [7, 11) is 10.7. The highest BCUT2D eigenvalue weighted by Crippen LogP contribution is 2.38. The molecule has 5 heteroatoms. The van der Waals surface area contributed by atoms with E-state index in [2.05, 4.69) is 424 Å². The first-order valence-electron chi connectivity index (χ1n) is 35.2. The number of rotatable bonds is 5. The maximum Gasteiger partial charge on any atom is 0.0489 e. The van der Waals surface area contributed by atoms with E-state index in [0.717, 1.165) is 0 Å². The number of fused-ring (bicyclic) bond motifs is 15. The van der Waals surface area contributed by atoms with Gasteiger partial charge in [-0.2, -0.15) is 0 Å². The zero-order valence-corrected chi connectivity index (χ0v) is 58.7. The highest BCUT2D eigenvalue weighted by Gasteiger charge is 2.15. The molecule has 0 aliphatic heterocycles. The topological polar surface area (TPSA) is 24.6 Å². The molecule has 102 heavy (non-hydrogen) atoms. The highest BCUT2D eigenvalue weighted by atomic mass is 15.0. The van der Waals surface area contributed by atoms with Gasteiger partial charge in [-0.05, 0) is 166 Å². The van der Waals surface area contributed by atoms with Crippen molar-refractivity contribution in [1.29, 1.82) is 0 Å². The van der Waals surface area contributed by atoms with Crippen molar-refractivity contribution in [2.45, 2.75) is 13.8 Å². The van der Waals surface area contributed by atoms with Crippen LogP contribution in [0.15, 0.2) is 352 Å². The van der Waals surface area contributed by atoms with Gasteiger partial charge in [0.1, 0.15) is 0 Å². The molecular formula is C97H79N5. The Kier molecular flexibility index (Phi) is 17.3. The van der Waals surface area contributed by atoms with Crippen molar-refractivity contribution in [3.05, 3.63) is 363 Å². The lowest BCUT2D eigenvalue weighted by molar-refractivity contribution is 1.01. The first-order chi connectivity index (χ1) is 50.0. The van der Waals surface area contributed by atoms with Crippen LogP contribution in [0.3, 0.4) is 0 Å². The normalized spacial score (nSPS) is 11.3. The van der Waals surface area contributed by atoms with E-state index in [0.29, 0.717) is 0 Å². The van der Waals surface area contributed by atoms with Gasteiger partial charge in [0.25, 0.3) is 0 Å². The molecule has 5 nitrogen and oxygen atoms in total. The van der Waals surface area contributed by atoms with E-state index in [1.54, 1.807) is 0 Å². The van der Waals surface area contributed by atoms with Crippen LogP contribution in [-0.4, -0.2) is 22.8 Å². The van der Waals surface area contributed by atoms with Crippen molar-refractivity contribution in [3.8, 4) is 55.6 Å². The first kappa shape index (κ1) is 64.0. The van der Waals surface area contributed by atoms with Gasteiger partial charge in [-0.15, -0.1) is 0 Å². The third-order valence-corrected chi connectivity index (χ3v) is 20.7. The molecule has 0 radical (unpaired) electrons. The molecular weight excluding hydrogens is 1240 g/mol. The van der Waals surface area contributed by atoms with Gasteiger partial charge >= 0.3 is 0 Å². The molecule has 0 aliphatic carbocycles. The Balaban J connectivity index is 0.0000000998. The van der Waals surface area contributed by atoms with Crippen molar-refractivity contribution in [2.24, 2.45) is 35.2 Å². The van der Waals surface area contributed by atoms with E-state index in [4.69, 9.17) is 0 Å². The summed E-state index contributed by atoms with van der Waals surface area (Å²) in [5.41, 5.74) is 28.2. The maximum absolute atomic E-state index is 2.32. The Hall–Kier alpha value is -12.7. The van der Waals surface area contributed by atoms with Crippen LogP contribution in [0.5, 0.6) is 0 Å². The summed E-state index contributed by atoms with van der Waals surface area (Å²) in [6.45, 7) is 4.29. The van der Waals surface area contributed by atoms with Crippen molar-refractivity contribution < 1.29 is 0 Å². The molecule has 0 aliphatic rings. The largest absolute Gasteiger partial charge is 0.344 e. The summed E-state index contributed by atoms with van der Waals surface area (Å²) in [6, 6.07) is 126. The minimum atomic E-state index is 1.26. The molecule has 0 bridgehead atoms. The van der Waals surface area contributed by atoms with Crippen LogP contribution in [-0.2, 0) is 35.2 Å². The number of nitrogens with zero attached hydrogens (tertiary/aromatic N) is 5. The van der Waals surface area contributed by atoms with Crippen LogP contribution in [0.1, 0.15) is 11.1 Å². The molecule has 15 aromatic carbocycles. The minimum Gasteiger partial charge on any atom is -0.344 e. The Morgan fingerprint density at radius 3 is 0.667 bits per heavy atom. The summed E-state index contributed by atoms with van der Waals surface area (Å²) in [4.78, 5) is 0. The average molecular weight is 1310 g/mol. The Labute approximate surface area is 595 Å². The quantitative estimate of drug-likeness (QED) is 0.164. The van der Waals surface area contributed by atoms with Crippen LogP contribution in [0.4, 0.5) is 0 Å². The molecule has 492 valence electrons. The van der Waals surface area contributed by atoms with Gasteiger partial charge in [-0.25, -0.2) is 0 Å². The SMILES string of the molecule is Cc1ccc(-c2ccc3c(c2)c2ccccc2n3C)cc1.Cc1ccccc1-c1ccc2c(c1)c1ccccc1n2C.Cn1c2ccc(-c3ccccc3)cc2c2cc(-c3ccccc3)ccc21.Cn1c2ccccc2c2cc(-c3ccccc3)ccc21.Cn1c2ccccc2c2ccccc21. The predicted molar refractivity (Wildman–Crippen MR) is 439 cm³/mol. The summed E-state index contributed by atoms with van der Waals surface area (Å²) in [6.07, 6.45) is 0. The Morgan fingerprint density at radius 1 is 0.157 bits per heavy atom. The van der Waals surface area contributed by atoms with Crippen LogP contribution >= 0.6 is 0 Å². The van der Waals surface area contributed by atoms with E-state index < -0.39 is 0 Å². The Morgan fingerprint density at radius 2 is 0.363 bits per heavy atom. The lowest BCUT2D eigenvalue weighted by Crippen LogP contribution is -1.86. The molecule has 5 aromatic heterocycles. The second kappa shape index (κ2) is 27.5.